The van der Waals surface area contributed by atoms with Gasteiger partial charge in [0.1, 0.15) is 11.1 Å². The van der Waals surface area contributed by atoms with Crippen molar-refractivity contribution in [3.8, 4) is 5.88 Å². The molecule has 1 atom stereocenters. The lowest BCUT2D eigenvalue weighted by Gasteiger charge is -2.35. The summed E-state index contributed by atoms with van der Waals surface area (Å²) in [6.45, 7) is 1.92. The quantitative estimate of drug-likeness (QED) is 0.890. The molecule has 0 bridgehead atoms. The number of carbonyl (C=O) groups is 1. The van der Waals surface area contributed by atoms with Crippen LogP contribution in [0.15, 0.2) is 12.3 Å². The number of aliphatic hydroxyl groups is 1. The van der Waals surface area contributed by atoms with Gasteiger partial charge in [-0.3, -0.25) is 4.79 Å². The second-order valence-electron chi connectivity index (χ2n) is 4.98. The van der Waals surface area contributed by atoms with Gasteiger partial charge in [-0.25, -0.2) is 4.98 Å². The van der Waals surface area contributed by atoms with Crippen LogP contribution in [0, 0.1) is 0 Å². The zero-order valence-electron chi connectivity index (χ0n) is 10.8. The molecule has 3 heterocycles. The summed E-state index contributed by atoms with van der Waals surface area (Å²) in [5.41, 5.74) is 0.400. The van der Waals surface area contributed by atoms with Gasteiger partial charge in [0.15, 0.2) is 0 Å². The van der Waals surface area contributed by atoms with Crippen molar-refractivity contribution >= 4 is 17.5 Å². The van der Waals surface area contributed by atoms with E-state index in [2.05, 4.69) is 4.98 Å². The summed E-state index contributed by atoms with van der Waals surface area (Å²) >= 11 is 6.10. The SMILES string of the molecule is O=C(c1cnc(OC2CCOC2)c(Cl)c1)N1CC(O)C1. The first-order chi connectivity index (χ1) is 9.63. The lowest BCUT2D eigenvalue weighted by atomic mass is 10.1. The summed E-state index contributed by atoms with van der Waals surface area (Å²) in [6, 6.07) is 1.55. The Hall–Kier alpha value is -1.37. The van der Waals surface area contributed by atoms with Gasteiger partial charge in [0.25, 0.3) is 5.91 Å². The number of aliphatic hydroxyl groups excluding tert-OH is 1. The van der Waals surface area contributed by atoms with Gasteiger partial charge >= 0.3 is 0 Å². The van der Waals surface area contributed by atoms with Gasteiger partial charge in [0.05, 0.1) is 24.9 Å². The maximum Gasteiger partial charge on any atom is 0.255 e. The molecule has 2 saturated heterocycles. The molecule has 0 radical (unpaired) electrons. The fraction of sp³-hybridized carbons (Fsp3) is 0.538. The molecule has 7 heteroatoms. The predicted octanol–water partition coefficient (Wildman–Crippen LogP) is 0.719. The van der Waals surface area contributed by atoms with Crippen LogP contribution in [0.25, 0.3) is 0 Å². The van der Waals surface area contributed by atoms with Crippen molar-refractivity contribution in [1.82, 2.24) is 9.88 Å². The fourth-order valence-electron chi connectivity index (χ4n) is 2.20. The number of hydrogen-bond acceptors (Lipinski definition) is 5. The Balaban J connectivity index is 1.68. The number of carbonyl (C=O) groups excluding carboxylic acids is 1. The monoisotopic (exact) mass is 298 g/mol. The minimum Gasteiger partial charge on any atom is -0.471 e. The molecule has 1 aromatic heterocycles. The first kappa shape index (κ1) is 13.6. The molecule has 1 aromatic rings. The van der Waals surface area contributed by atoms with E-state index >= 15 is 0 Å². The van der Waals surface area contributed by atoms with Crippen LogP contribution in [-0.4, -0.2) is 59.4 Å². The number of aromatic nitrogens is 1. The summed E-state index contributed by atoms with van der Waals surface area (Å²) in [7, 11) is 0. The van der Waals surface area contributed by atoms with Crippen molar-refractivity contribution in [3.05, 3.63) is 22.8 Å². The van der Waals surface area contributed by atoms with Crippen LogP contribution in [0.2, 0.25) is 5.02 Å². The van der Waals surface area contributed by atoms with E-state index < -0.39 is 6.10 Å². The first-order valence-corrected chi connectivity index (χ1v) is 6.88. The third-order valence-electron chi connectivity index (χ3n) is 3.37. The molecule has 1 N–H and O–H groups in total. The van der Waals surface area contributed by atoms with Gasteiger partial charge in [-0.05, 0) is 6.07 Å². The Bertz CT molecular complexity index is 513. The van der Waals surface area contributed by atoms with E-state index in [9.17, 15) is 9.90 Å². The van der Waals surface area contributed by atoms with E-state index in [0.717, 1.165) is 6.42 Å². The van der Waals surface area contributed by atoms with Crippen LogP contribution >= 0.6 is 11.6 Å². The summed E-state index contributed by atoms with van der Waals surface area (Å²) < 4.78 is 10.8. The summed E-state index contributed by atoms with van der Waals surface area (Å²) in [4.78, 5) is 17.7. The van der Waals surface area contributed by atoms with E-state index in [1.165, 1.54) is 6.20 Å². The normalized spacial score (nSPS) is 22.7. The molecule has 1 unspecified atom stereocenters. The number of nitrogens with zero attached hydrogens (tertiary/aromatic N) is 2. The van der Waals surface area contributed by atoms with Gasteiger partial charge in [-0.1, -0.05) is 11.6 Å². The molecule has 2 aliphatic heterocycles. The van der Waals surface area contributed by atoms with Crippen molar-refractivity contribution in [2.75, 3.05) is 26.3 Å². The molecule has 20 heavy (non-hydrogen) atoms. The molecular weight excluding hydrogens is 284 g/mol. The average Bonchev–Trinajstić information content (AvgIpc) is 2.89. The van der Waals surface area contributed by atoms with E-state index in [4.69, 9.17) is 21.1 Å². The van der Waals surface area contributed by atoms with Crippen LogP contribution in [0.5, 0.6) is 5.88 Å². The molecule has 0 saturated carbocycles. The largest absolute Gasteiger partial charge is 0.471 e. The summed E-state index contributed by atoms with van der Waals surface area (Å²) in [5, 5.41) is 9.51. The van der Waals surface area contributed by atoms with Crippen molar-refractivity contribution < 1.29 is 19.4 Å². The van der Waals surface area contributed by atoms with E-state index in [0.29, 0.717) is 42.8 Å². The minimum atomic E-state index is -0.424. The number of halogens is 1. The molecule has 2 fully saturated rings. The molecule has 0 aliphatic carbocycles. The van der Waals surface area contributed by atoms with Crippen molar-refractivity contribution in [3.63, 3.8) is 0 Å². The summed E-state index contributed by atoms with van der Waals surface area (Å²) in [5.74, 6) is 0.141. The highest BCUT2D eigenvalue weighted by Gasteiger charge is 2.30. The number of ether oxygens (including phenoxy) is 2. The van der Waals surface area contributed by atoms with E-state index in [-0.39, 0.29) is 12.0 Å². The first-order valence-electron chi connectivity index (χ1n) is 6.51. The van der Waals surface area contributed by atoms with Crippen LogP contribution < -0.4 is 4.74 Å². The number of likely N-dealkylation sites (tertiary alicyclic amines) is 1. The molecule has 2 aliphatic rings. The molecule has 3 rings (SSSR count). The Kier molecular flexibility index (Phi) is 3.78. The Morgan fingerprint density at radius 1 is 1.55 bits per heavy atom. The molecule has 6 nitrogen and oxygen atoms in total. The number of hydrogen-bond donors (Lipinski definition) is 1. The van der Waals surface area contributed by atoms with Gasteiger partial charge in [0.2, 0.25) is 5.88 Å². The smallest absolute Gasteiger partial charge is 0.255 e. The number of β-amino-alcohol motifs (C(OH)–C–C–N with tert-alkyl or cyclic N) is 1. The van der Waals surface area contributed by atoms with Crippen LogP contribution in [0.1, 0.15) is 16.8 Å². The van der Waals surface area contributed by atoms with Crippen LogP contribution in [0.4, 0.5) is 0 Å². The van der Waals surface area contributed by atoms with Gasteiger partial charge in [-0.15, -0.1) is 0 Å². The molecule has 108 valence electrons. The highest BCUT2D eigenvalue weighted by atomic mass is 35.5. The topological polar surface area (TPSA) is 71.9 Å². The maximum atomic E-state index is 12.0. The lowest BCUT2D eigenvalue weighted by molar-refractivity contribution is 0.00585. The third kappa shape index (κ3) is 2.72. The Morgan fingerprint density at radius 3 is 2.95 bits per heavy atom. The number of amides is 1. The zero-order chi connectivity index (χ0) is 14.1. The molecule has 1 amide bonds. The highest BCUT2D eigenvalue weighted by Crippen LogP contribution is 2.26. The predicted molar refractivity (Wildman–Crippen MR) is 71.0 cm³/mol. The number of pyridine rings is 1. The lowest BCUT2D eigenvalue weighted by Crippen LogP contribution is -2.53. The fourth-order valence-corrected chi connectivity index (χ4v) is 2.41. The second kappa shape index (κ2) is 5.55. The number of rotatable bonds is 3. The van der Waals surface area contributed by atoms with E-state index in [1.54, 1.807) is 11.0 Å². The standard InChI is InChI=1S/C13H15ClN2O4/c14-11-3-8(13(18)16-5-9(17)6-16)4-15-12(11)20-10-1-2-19-7-10/h3-4,9-10,17H,1-2,5-7H2. The van der Waals surface area contributed by atoms with Crippen molar-refractivity contribution in [1.29, 1.82) is 0 Å². The minimum absolute atomic E-state index is 0.0351. The van der Waals surface area contributed by atoms with Crippen molar-refractivity contribution in [2.45, 2.75) is 18.6 Å². The van der Waals surface area contributed by atoms with Crippen molar-refractivity contribution in [2.24, 2.45) is 0 Å². The maximum absolute atomic E-state index is 12.0. The van der Waals surface area contributed by atoms with Crippen LogP contribution in [0.3, 0.4) is 0 Å². The summed E-state index contributed by atoms with van der Waals surface area (Å²) in [6.07, 6.45) is 1.80. The molecule has 0 aromatic carbocycles. The highest BCUT2D eigenvalue weighted by molar-refractivity contribution is 6.32. The van der Waals surface area contributed by atoms with Gasteiger partial charge < -0.3 is 19.5 Å². The zero-order valence-corrected chi connectivity index (χ0v) is 11.5. The Labute approximate surface area is 121 Å². The van der Waals surface area contributed by atoms with E-state index in [1.807, 2.05) is 0 Å². The molecule has 0 spiro atoms. The molecular formula is C13H15ClN2O4. The third-order valence-corrected chi connectivity index (χ3v) is 3.64. The average molecular weight is 299 g/mol. The van der Waals surface area contributed by atoms with Gasteiger partial charge in [-0.2, -0.15) is 0 Å². The second-order valence-corrected chi connectivity index (χ2v) is 5.39. The Morgan fingerprint density at radius 2 is 2.35 bits per heavy atom. The van der Waals surface area contributed by atoms with Gasteiger partial charge in [0, 0.05) is 25.7 Å². The van der Waals surface area contributed by atoms with Crippen LogP contribution in [-0.2, 0) is 4.74 Å².